The lowest BCUT2D eigenvalue weighted by atomic mass is 9.97. The summed E-state index contributed by atoms with van der Waals surface area (Å²) in [4.78, 5) is 7.19. The standard InChI is InChI=1S/C65H45N3S/c1-66-62-42-51(48-28-26-45(27-29-48)44-14-4-2-5-15-44)36-40-60(62)68(61-41-39-54(43-63(61)66)67(52-18-6-3-7-19-52)59-24-12-17-49-16-8-9-20-55(49)59)53-37-34-47(35-38-53)46-30-32-50(33-31-46)56-22-13-23-58-57-21-10-11-25-64(57)69-65(56)58/h2-43H,1H3. The zero-order valence-electron chi connectivity index (χ0n) is 38.0. The minimum absolute atomic E-state index is 1.08. The molecule has 326 valence electrons. The first-order valence-electron chi connectivity index (χ1n) is 23.5. The van der Waals surface area contributed by atoms with Crippen LogP contribution in [0.3, 0.4) is 0 Å². The van der Waals surface area contributed by atoms with Crippen LogP contribution in [-0.4, -0.2) is 7.05 Å². The Balaban J connectivity index is 0.901. The molecule has 0 saturated heterocycles. The Hall–Kier alpha value is -8.70. The summed E-state index contributed by atoms with van der Waals surface area (Å²) in [5, 5.41) is 5.06. The fourth-order valence-electron chi connectivity index (χ4n) is 10.3. The van der Waals surface area contributed by atoms with Gasteiger partial charge in [-0.2, -0.15) is 0 Å². The molecule has 0 radical (unpaired) electrons. The number of anilines is 8. The molecule has 2 heterocycles. The zero-order valence-corrected chi connectivity index (χ0v) is 38.8. The highest BCUT2D eigenvalue weighted by molar-refractivity contribution is 7.26. The molecule has 0 aliphatic carbocycles. The number of nitrogens with zero attached hydrogens (tertiary/aromatic N) is 3. The van der Waals surface area contributed by atoms with Gasteiger partial charge in [0.15, 0.2) is 0 Å². The lowest BCUT2D eigenvalue weighted by Crippen LogP contribution is -2.24. The van der Waals surface area contributed by atoms with E-state index in [0.717, 1.165) is 45.5 Å². The summed E-state index contributed by atoms with van der Waals surface area (Å²) in [7, 11) is 2.21. The van der Waals surface area contributed by atoms with Gasteiger partial charge < -0.3 is 14.7 Å². The number of benzene rings is 11. The zero-order chi connectivity index (χ0) is 45.8. The van der Waals surface area contributed by atoms with E-state index < -0.39 is 0 Å². The molecular weight excluding hydrogens is 855 g/mol. The summed E-state index contributed by atoms with van der Waals surface area (Å²) in [6.45, 7) is 0. The quantitative estimate of drug-likeness (QED) is 0.150. The smallest absolute Gasteiger partial charge is 0.0701 e. The van der Waals surface area contributed by atoms with E-state index in [2.05, 4.69) is 277 Å². The molecule has 11 aromatic carbocycles. The molecule has 4 heteroatoms. The molecule has 1 aromatic heterocycles. The van der Waals surface area contributed by atoms with Gasteiger partial charge in [0.1, 0.15) is 0 Å². The fraction of sp³-hybridized carbons (Fsp3) is 0.0154. The molecule has 0 spiro atoms. The van der Waals surface area contributed by atoms with E-state index >= 15 is 0 Å². The molecule has 12 aromatic rings. The van der Waals surface area contributed by atoms with Gasteiger partial charge in [0.05, 0.1) is 28.4 Å². The highest BCUT2D eigenvalue weighted by atomic mass is 32.1. The Bertz CT molecular complexity index is 3840. The van der Waals surface area contributed by atoms with E-state index in [1.54, 1.807) is 0 Å². The molecule has 0 unspecified atom stereocenters. The van der Waals surface area contributed by atoms with Crippen molar-refractivity contribution >= 4 is 87.8 Å². The third-order valence-electron chi connectivity index (χ3n) is 13.8. The maximum absolute atomic E-state index is 2.43. The first-order chi connectivity index (χ1) is 34.1. The summed E-state index contributed by atoms with van der Waals surface area (Å²) < 4.78 is 2.66. The number of thiophene rings is 1. The van der Waals surface area contributed by atoms with Gasteiger partial charge in [-0.25, -0.2) is 0 Å². The van der Waals surface area contributed by atoms with Crippen molar-refractivity contribution in [3.8, 4) is 44.5 Å². The molecule has 0 atom stereocenters. The van der Waals surface area contributed by atoms with Crippen molar-refractivity contribution in [3.05, 3.63) is 255 Å². The molecule has 3 nitrogen and oxygen atoms in total. The summed E-state index contributed by atoms with van der Waals surface area (Å²) in [5.74, 6) is 0. The van der Waals surface area contributed by atoms with Gasteiger partial charge in [-0.1, -0.05) is 188 Å². The Morgan fingerprint density at radius 1 is 0.348 bits per heavy atom. The van der Waals surface area contributed by atoms with Crippen molar-refractivity contribution in [2.24, 2.45) is 0 Å². The molecule has 69 heavy (non-hydrogen) atoms. The first kappa shape index (κ1) is 40.6. The third-order valence-corrected chi connectivity index (χ3v) is 15.0. The second-order valence-electron chi connectivity index (χ2n) is 17.8. The van der Waals surface area contributed by atoms with Crippen LogP contribution in [0.1, 0.15) is 0 Å². The summed E-state index contributed by atoms with van der Waals surface area (Å²) in [6.07, 6.45) is 0. The van der Waals surface area contributed by atoms with Crippen LogP contribution in [0.25, 0.3) is 75.5 Å². The molecule has 0 saturated carbocycles. The van der Waals surface area contributed by atoms with Crippen molar-refractivity contribution in [1.82, 2.24) is 0 Å². The van der Waals surface area contributed by atoms with E-state index in [4.69, 9.17) is 0 Å². The lowest BCUT2D eigenvalue weighted by molar-refractivity contribution is 1.12. The van der Waals surface area contributed by atoms with Crippen molar-refractivity contribution in [1.29, 1.82) is 0 Å². The van der Waals surface area contributed by atoms with Crippen LogP contribution in [0, 0.1) is 0 Å². The second-order valence-corrected chi connectivity index (χ2v) is 18.8. The Kier molecular flexibility index (Phi) is 9.92. The normalized spacial score (nSPS) is 12.1. The van der Waals surface area contributed by atoms with Gasteiger partial charge in [-0.15, -0.1) is 11.3 Å². The molecule has 1 aliphatic rings. The number of para-hydroxylation sites is 1. The number of hydrogen-bond donors (Lipinski definition) is 0. The Morgan fingerprint density at radius 2 is 0.870 bits per heavy atom. The Morgan fingerprint density at radius 3 is 1.61 bits per heavy atom. The molecule has 13 rings (SSSR count). The average Bonchev–Trinajstić information content (AvgIpc) is 3.81. The third kappa shape index (κ3) is 7.13. The molecule has 0 fully saturated rings. The van der Waals surface area contributed by atoms with E-state index in [1.165, 1.54) is 75.5 Å². The maximum atomic E-state index is 2.43. The van der Waals surface area contributed by atoms with Gasteiger partial charge in [0.25, 0.3) is 0 Å². The fourth-order valence-corrected chi connectivity index (χ4v) is 11.6. The van der Waals surface area contributed by atoms with Gasteiger partial charge in [-0.3, -0.25) is 0 Å². The van der Waals surface area contributed by atoms with E-state index in [0.29, 0.717) is 0 Å². The van der Waals surface area contributed by atoms with Crippen molar-refractivity contribution in [2.45, 2.75) is 0 Å². The van der Waals surface area contributed by atoms with Crippen molar-refractivity contribution in [3.63, 3.8) is 0 Å². The average molecular weight is 900 g/mol. The van der Waals surface area contributed by atoms with Gasteiger partial charge in [0, 0.05) is 49.7 Å². The summed E-state index contributed by atoms with van der Waals surface area (Å²) in [6, 6.07) is 92.9. The van der Waals surface area contributed by atoms with Gasteiger partial charge in [-0.05, 0) is 117 Å². The van der Waals surface area contributed by atoms with Gasteiger partial charge in [0.2, 0.25) is 0 Å². The highest BCUT2D eigenvalue weighted by Crippen LogP contribution is 2.54. The maximum Gasteiger partial charge on any atom is 0.0701 e. The van der Waals surface area contributed by atoms with Crippen LogP contribution < -0.4 is 14.7 Å². The molecule has 0 N–H and O–H groups in total. The van der Waals surface area contributed by atoms with Crippen LogP contribution in [0.4, 0.5) is 45.5 Å². The van der Waals surface area contributed by atoms with Crippen LogP contribution in [0.15, 0.2) is 255 Å². The van der Waals surface area contributed by atoms with Crippen LogP contribution >= 0.6 is 11.3 Å². The topological polar surface area (TPSA) is 9.72 Å². The van der Waals surface area contributed by atoms with Crippen LogP contribution in [0.2, 0.25) is 0 Å². The van der Waals surface area contributed by atoms with Crippen molar-refractivity contribution < 1.29 is 0 Å². The molecule has 0 amide bonds. The SMILES string of the molecule is CN1c2cc(-c3ccc(-c4ccccc4)cc3)ccc2N(c2ccc(-c3ccc(-c4cccc5c4sc4ccccc45)cc3)cc2)c2ccc(N(c3ccccc3)c3cccc4ccccc34)cc21. The number of rotatable bonds is 8. The minimum atomic E-state index is 1.08. The summed E-state index contributed by atoms with van der Waals surface area (Å²) >= 11 is 1.88. The number of hydrogen-bond acceptors (Lipinski definition) is 4. The minimum Gasteiger partial charge on any atom is -0.341 e. The van der Waals surface area contributed by atoms with E-state index in [-0.39, 0.29) is 0 Å². The molecule has 1 aliphatic heterocycles. The van der Waals surface area contributed by atoms with Crippen molar-refractivity contribution in [2.75, 3.05) is 21.7 Å². The Labute approximate surface area is 406 Å². The molecular formula is C65H45N3S. The van der Waals surface area contributed by atoms with Gasteiger partial charge >= 0.3 is 0 Å². The largest absolute Gasteiger partial charge is 0.341 e. The summed E-state index contributed by atoms with van der Waals surface area (Å²) in [5.41, 5.74) is 18.6. The predicted molar refractivity (Wildman–Crippen MR) is 296 cm³/mol. The van der Waals surface area contributed by atoms with E-state index in [1.807, 2.05) is 11.3 Å². The second kappa shape index (κ2) is 16.9. The first-order valence-corrected chi connectivity index (χ1v) is 24.4. The van der Waals surface area contributed by atoms with Crippen LogP contribution in [0.5, 0.6) is 0 Å². The lowest BCUT2D eigenvalue weighted by Gasteiger charge is -2.40. The number of fused-ring (bicyclic) bond motifs is 6. The van der Waals surface area contributed by atoms with E-state index in [9.17, 15) is 0 Å². The monoisotopic (exact) mass is 899 g/mol. The predicted octanol–water partition coefficient (Wildman–Crippen LogP) is 18.9. The van der Waals surface area contributed by atoms with Crippen LogP contribution in [-0.2, 0) is 0 Å². The molecule has 0 bridgehead atoms. The highest BCUT2D eigenvalue weighted by Gasteiger charge is 2.30.